The van der Waals surface area contributed by atoms with Crippen molar-refractivity contribution in [3.63, 3.8) is 0 Å². The highest BCUT2D eigenvalue weighted by molar-refractivity contribution is 5.73. The summed E-state index contributed by atoms with van der Waals surface area (Å²) in [5, 5.41) is 24.7. The van der Waals surface area contributed by atoms with Gasteiger partial charge < -0.3 is 30.1 Å². The van der Waals surface area contributed by atoms with Crippen LogP contribution in [-0.4, -0.2) is 105 Å². The number of halogens is 12. The first-order valence-corrected chi connectivity index (χ1v) is 12.8. The summed E-state index contributed by atoms with van der Waals surface area (Å²) in [6.07, 6.45) is -13.8. The SMILES string of the molecule is FC(F)(F)CCc1cn(CCN2CCCC2)c(C2CCNCC2)n1.O=C(O)C(F)(F)F.O=C(O)C(F)(F)F.O=C(O)C(F)(F)F. The van der Waals surface area contributed by atoms with E-state index < -0.39 is 49.0 Å². The second kappa shape index (κ2) is 18.0. The highest BCUT2D eigenvalue weighted by Gasteiger charge is 2.39. The molecule has 2 aliphatic heterocycles. The smallest absolute Gasteiger partial charge is 0.475 e. The van der Waals surface area contributed by atoms with E-state index in [1.54, 1.807) is 0 Å². The molecule has 0 aromatic carbocycles. The second-order valence-electron chi connectivity index (χ2n) is 9.38. The van der Waals surface area contributed by atoms with Gasteiger partial charge in [-0.15, -0.1) is 0 Å². The van der Waals surface area contributed by atoms with Gasteiger partial charge in [-0.3, -0.25) is 0 Å². The molecule has 0 spiro atoms. The topological polar surface area (TPSA) is 145 Å². The van der Waals surface area contributed by atoms with Crippen molar-refractivity contribution in [3.8, 4) is 0 Å². The van der Waals surface area contributed by atoms with Crippen LogP contribution in [0.2, 0.25) is 0 Å². The molecular weight excluding hydrogens is 656 g/mol. The lowest BCUT2D eigenvalue weighted by atomic mass is 9.97. The average Bonchev–Trinajstić information content (AvgIpc) is 3.56. The van der Waals surface area contributed by atoms with Gasteiger partial charge >= 0.3 is 42.6 Å². The molecule has 1 aromatic rings. The van der Waals surface area contributed by atoms with Crippen molar-refractivity contribution < 1.29 is 82.4 Å². The zero-order chi connectivity index (χ0) is 35.2. The molecule has 2 saturated heterocycles. The molecule has 1 aromatic heterocycles. The van der Waals surface area contributed by atoms with Gasteiger partial charge in [0.1, 0.15) is 5.82 Å². The van der Waals surface area contributed by atoms with Crippen molar-refractivity contribution in [2.45, 2.75) is 75.7 Å². The van der Waals surface area contributed by atoms with Crippen molar-refractivity contribution in [3.05, 3.63) is 17.7 Å². The largest absolute Gasteiger partial charge is 0.490 e. The molecule has 45 heavy (non-hydrogen) atoms. The van der Waals surface area contributed by atoms with Gasteiger partial charge in [-0.1, -0.05) is 0 Å². The maximum absolute atomic E-state index is 12.5. The maximum Gasteiger partial charge on any atom is 0.490 e. The summed E-state index contributed by atoms with van der Waals surface area (Å²) in [7, 11) is 0. The van der Waals surface area contributed by atoms with Crippen LogP contribution in [0.25, 0.3) is 0 Å². The van der Waals surface area contributed by atoms with E-state index in [1.807, 2.05) is 6.20 Å². The van der Waals surface area contributed by atoms with Crippen LogP contribution in [-0.2, 0) is 27.3 Å². The molecule has 3 heterocycles. The molecule has 0 saturated carbocycles. The number of nitrogens with zero attached hydrogens (tertiary/aromatic N) is 3. The Balaban J connectivity index is 0.000000753. The summed E-state index contributed by atoms with van der Waals surface area (Å²) >= 11 is 0. The molecule has 262 valence electrons. The van der Waals surface area contributed by atoms with Gasteiger partial charge in [0.2, 0.25) is 0 Å². The third-order valence-corrected chi connectivity index (χ3v) is 5.81. The third-order valence-electron chi connectivity index (χ3n) is 5.81. The van der Waals surface area contributed by atoms with Crippen LogP contribution in [0.1, 0.15) is 49.5 Å². The van der Waals surface area contributed by atoms with Gasteiger partial charge in [0.05, 0.1) is 5.69 Å². The minimum Gasteiger partial charge on any atom is -0.475 e. The molecule has 10 nitrogen and oxygen atoms in total. The van der Waals surface area contributed by atoms with Crippen molar-refractivity contribution in [2.24, 2.45) is 0 Å². The monoisotopic (exact) mass is 686 g/mol. The van der Waals surface area contributed by atoms with Crippen LogP contribution in [0.15, 0.2) is 6.20 Å². The fraction of sp³-hybridized carbons (Fsp3) is 0.739. The fourth-order valence-electron chi connectivity index (χ4n) is 3.72. The summed E-state index contributed by atoms with van der Waals surface area (Å²) in [5.74, 6) is -6.91. The fourth-order valence-corrected chi connectivity index (χ4v) is 3.72. The highest BCUT2D eigenvalue weighted by Crippen LogP contribution is 2.27. The Morgan fingerprint density at radius 1 is 0.756 bits per heavy atom. The average molecular weight is 686 g/mol. The van der Waals surface area contributed by atoms with Gasteiger partial charge in [0, 0.05) is 31.6 Å². The maximum atomic E-state index is 12.5. The van der Waals surface area contributed by atoms with E-state index >= 15 is 0 Å². The van der Waals surface area contributed by atoms with Gasteiger partial charge in [0.15, 0.2) is 0 Å². The van der Waals surface area contributed by atoms with E-state index in [9.17, 15) is 52.7 Å². The van der Waals surface area contributed by atoms with Crippen molar-refractivity contribution in [1.82, 2.24) is 19.8 Å². The number of hydrogen-bond donors (Lipinski definition) is 4. The molecule has 0 bridgehead atoms. The van der Waals surface area contributed by atoms with Crippen LogP contribution < -0.4 is 5.32 Å². The minimum absolute atomic E-state index is 0.0157. The Morgan fingerprint density at radius 3 is 1.51 bits per heavy atom. The van der Waals surface area contributed by atoms with Gasteiger partial charge in [-0.05, 0) is 58.3 Å². The minimum atomic E-state index is -5.08. The van der Waals surface area contributed by atoms with Crippen LogP contribution in [0.3, 0.4) is 0 Å². The number of imidazole rings is 1. The number of rotatable bonds is 6. The van der Waals surface area contributed by atoms with E-state index in [0.717, 1.165) is 57.9 Å². The van der Waals surface area contributed by atoms with Crippen LogP contribution >= 0.6 is 0 Å². The molecule has 2 fully saturated rings. The molecule has 0 atom stereocenters. The number of aliphatic carboxylic acids is 3. The van der Waals surface area contributed by atoms with Crippen molar-refractivity contribution >= 4 is 17.9 Å². The number of alkyl halides is 12. The lowest BCUT2D eigenvalue weighted by Gasteiger charge is -2.24. The molecular formula is C23H30F12N4O6. The van der Waals surface area contributed by atoms with E-state index in [0.29, 0.717) is 11.6 Å². The lowest BCUT2D eigenvalue weighted by molar-refractivity contribution is -0.193. The number of aryl methyl sites for hydroxylation is 1. The van der Waals surface area contributed by atoms with Gasteiger partial charge in [-0.25, -0.2) is 19.4 Å². The van der Waals surface area contributed by atoms with E-state index in [4.69, 9.17) is 29.7 Å². The number of carbonyl (C=O) groups is 3. The second-order valence-corrected chi connectivity index (χ2v) is 9.38. The van der Waals surface area contributed by atoms with E-state index in [-0.39, 0.29) is 6.42 Å². The number of carboxylic acid groups (broad SMARTS) is 3. The summed E-state index contributed by atoms with van der Waals surface area (Å²) in [6.45, 7) is 5.99. The first kappa shape index (κ1) is 41.7. The Bertz CT molecular complexity index is 1000. The normalized spacial score (nSPS) is 16.4. The van der Waals surface area contributed by atoms with Crippen LogP contribution in [0.5, 0.6) is 0 Å². The van der Waals surface area contributed by atoms with Crippen molar-refractivity contribution in [2.75, 3.05) is 32.7 Å². The Kier molecular flexibility index (Phi) is 16.7. The molecule has 0 radical (unpaired) electrons. The van der Waals surface area contributed by atoms with Gasteiger partial charge in [-0.2, -0.15) is 52.7 Å². The highest BCUT2D eigenvalue weighted by atomic mass is 19.4. The lowest BCUT2D eigenvalue weighted by Crippen LogP contribution is -2.29. The standard InChI is InChI=1S/C17H27F3N4.3C2HF3O2/c18-17(19,20)6-3-15-13-24(12-11-23-9-1-2-10-23)16(22-15)14-4-7-21-8-5-14;3*3-2(4,5)1(6)7/h13-14,21H,1-12H2;3*(H,6,7). The predicted octanol–water partition coefficient (Wildman–Crippen LogP) is 4.84. The molecule has 0 amide bonds. The number of carboxylic acids is 3. The first-order valence-electron chi connectivity index (χ1n) is 12.8. The van der Waals surface area contributed by atoms with Crippen LogP contribution in [0.4, 0.5) is 52.7 Å². The van der Waals surface area contributed by atoms with Gasteiger partial charge in [0.25, 0.3) is 0 Å². The molecule has 2 aliphatic rings. The summed E-state index contributed by atoms with van der Waals surface area (Å²) in [5.41, 5.74) is 0.585. The number of hydrogen-bond acceptors (Lipinski definition) is 6. The Hall–Kier alpha value is -3.30. The number of likely N-dealkylation sites (tertiary alicyclic amines) is 1. The Morgan fingerprint density at radius 2 is 1.16 bits per heavy atom. The molecule has 22 heteroatoms. The van der Waals surface area contributed by atoms with Crippen molar-refractivity contribution in [1.29, 1.82) is 0 Å². The molecule has 0 aliphatic carbocycles. The summed E-state index contributed by atoms with van der Waals surface area (Å²) in [6, 6.07) is 0. The molecule has 0 unspecified atom stereocenters. The first-order chi connectivity index (χ1) is 20.3. The number of aromatic nitrogens is 2. The van der Waals surface area contributed by atoms with E-state index in [1.165, 1.54) is 12.8 Å². The summed E-state index contributed by atoms with van der Waals surface area (Å²) in [4.78, 5) is 33.7. The third kappa shape index (κ3) is 19.0. The Labute approximate surface area is 247 Å². The number of nitrogens with one attached hydrogen (secondary N) is 1. The zero-order valence-electron chi connectivity index (χ0n) is 23.1. The molecule has 3 rings (SSSR count). The van der Waals surface area contributed by atoms with Crippen LogP contribution in [0, 0.1) is 0 Å². The molecule has 4 N–H and O–H groups in total. The quantitative estimate of drug-likeness (QED) is 0.309. The van der Waals surface area contributed by atoms with E-state index in [2.05, 4.69) is 19.8 Å². The summed E-state index contributed by atoms with van der Waals surface area (Å²) < 4.78 is 135. The zero-order valence-corrected chi connectivity index (χ0v) is 23.1. The predicted molar refractivity (Wildman–Crippen MR) is 128 cm³/mol. The number of piperidine rings is 1.